The zero-order chi connectivity index (χ0) is 15.3. The Morgan fingerprint density at radius 2 is 2.14 bits per heavy atom. The quantitative estimate of drug-likeness (QED) is 0.797. The van der Waals surface area contributed by atoms with Crippen LogP contribution in [0.4, 0.5) is 0 Å². The summed E-state index contributed by atoms with van der Waals surface area (Å²) in [6, 6.07) is 6.37. The number of benzene rings is 1. The lowest BCUT2D eigenvalue weighted by Crippen LogP contribution is -2.43. The highest BCUT2D eigenvalue weighted by Crippen LogP contribution is 2.60. The Bertz CT molecular complexity index is 629. The molecule has 116 valence electrons. The number of rotatable bonds is 1. The molecule has 1 aromatic carbocycles. The van der Waals surface area contributed by atoms with Gasteiger partial charge in [0.1, 0.15) is 11.9 Å². The lowest BCUT2D eigenvalue weighted by molar-refractivity contribution is -0.0226. The molecule has 0 bridgehead atoms. The molecule has 0 saturated heterocycles. The normalized spacial score (nSPS) is 39.3. The number of aryl methyl sites for hydroxylation is 1. The van der Waals surface area contributed by atoms with Crippen LogP contribution in [0.15, 0.2) is 18.2 Å². The molecule has 0 heterocycles. The number of ether oxygens (including phenoxy) is 1. The molecule has 2 fully saturated rings. The molecule has 3 aliphatic carbocycles. The highest BCUT2D eigenvalue weighted by molar-refractivity contribution is 5.41. The first-order chi connectivity index (χ1) is 10.6. The standard InChI is InChI=1S/C20H24O2/c1-3-22-14-5-7-15-13(12-14)4-6-17-16(15)10-11-20(2)18(17)8-9-19(20)21/h1,5,7,12,16-19,21H,4,6,8-11H2,2H3/t16-,17-,18+,19+,20+/m1/s1. The predicted octanol–water partition coefficient (Wildman–Crippen LogP) is 3.87. The molecule has 2 saturated carbocycles. The molecule has 5 atom stereocenters. The van der Waals surface area contributed by atoms with E-state index in [0.29, 0.717) is 11.8 Å². The van der Waals surface area contributed by atoms with Crippen molar-refractivity contribution in [2.24, 2.45) is 17.3 Å². The second-order valence-electron chi connectivity index (χ2n) is 7.63. The van der Waals surface area contributed by atoms with E-state index in [-0.39, 0.29) is 11.5 Å². The fourth-order valence-electron chi connectivity index (χ4n) is 5.66. The molecular weight excluding hydrogens is 272 g/mol. The summed E-state index contributed by atoms with van der Waals surface area (Å²) in [6.45, 7) is 2.32. The minimum absolute atomic E-state index is 0.0914. The van der Waals surface area contributed by atoms with Crippen LogP contribution in [0.3, 0.4) is 0 Å². The van der Waals surface area contributed by atoms with Crippen LogP contribution in [-0.4, -0.2) is 11.2 Å². The predicted molar refractivity (Wildman–Crippen MR) is 86.5 cm³/mol. The number of hydrogen-bond acceptors (Lipinski definition) is 2. The second kappa shape index (κ2) is 5.03. The first-order valence-corrected chi connectivity index (χ1v) is 8.57. The van der Waals surface area contributed by atoms with E-state index in [1.54, 1.807) is 0 Å². The first-order valence-electron chi connectivity index (χ1n) is 8.57. The molecule has 3 aliphatic rings. The number of hydrogen-bond donors (Lipinski definition) is 1. The average molecular weight is 296 g/mol. The van der Waals surface area contributed by atoms with Gasteiger partial charge in [-0.05, 0) is 85.0 Å². The summed E-state index contributed by atoms with van der Waals surface area (Å²) in [6.07, 6.45) is 14.3. The van der Waals surface area contributed by atoms with Crippen LogP contribution < -0.4 is 4.74 Å². The molecule has 0 amide bonds. The summed E-state index contributed by atoms with van der Waals surface area (Å²) in [4.78, 5) is 0. The van der Waals surface area contributed by atoms with Crippen molar-refractivity contribution in [2.75, 3.05) is 0 Å². The van der Waals surface area contributed by atoms with E-state index >= 15 is 0 Å². The summed E-state index contributed by atoms with van der Waals surface area (Å²) in [7, 11) is 0. The maximum Gasteiger partial charge on any atom is 0.140 e. The third kappa shape index (κ3) is 1.92. The van der Waals surface area contributed by atoms with E-state index in [9.17, 15) is 5.11 Å². The Kier molecular flexibility index (Phi) is 3.24. The topological polar surface area (TPSA) is 29.5 Å². The highest BCUT2D eigenvalue weighted by atomic mass is 16.5. The molecule has 22 heavy (non-hydrogen) atoms. The van der Waals surface area contributed by atoms with Crippen molar-refractivity contribution >= 4 is 0 Å². The smallest absolute Gasteiger partial charge is 0.140 e. The van der Waals surface area contributed by atoms with Gasteiger partial charge >= 0.3 is 0 Å². The van der Waals surface area contributed by atoms with Gasteiger partial charge in [0.05, 0.1) is 6.10 Å². The summed E-state index contributed by atoms with van der Waals surface area (Å²) in [5, 5.41) is 10.4. The Morgan fingerprint density at radius 3 is 2.95 bits per heavy atom. The van der Waals surface area contributed by atoms with Crippen molar-refractivity contribution in [2.45, 2.75) is 57.5 Å². The fourth-order valence-corrected chi connectivity index (χ4v) is 5.66. The van der Waals surface area contributed by atoms with Crippen molar-refractivity contribution in [3.8, 4) is 18.3 Å². The monoisotopic (exact) mass is 296 g/mol. The van der Waals surface area contributed by atoms with Gasteiger partial charge in [0.15, 0.2) is 0 Å². The van der Waals surface area contributed by atoms with Gasteiger partial charge in [-0.25, -0.2) is 0 Å². The van der Waals surface area contributed by atoms with Gasteiger partial charge in [0, 0.05) is 0 Å². The third-order valence-electron chi connectivity index (χ3n) is 6.82. The van der Waals surface area contributed by atoms with Crippen LogP contribution in [0.5, 0.6) is 5.75 Å². The van der Waals surface area contributed by atoms with E-state index in [0.717, 1.165) is 30.9 Å². The van der Waals surface area contributed by atoms with Crippen molar-refractivity contribution < 1.29 is 9.84 Å². The number of terminal acetylenes is 1. The van der Waals surface area contributed by atoms with Crippen LogP contribution in [0.25, 0.3) is 0 Å². The van der Waals surface area contributed by atoms with Crippen LogP contribution in [0.2, 0.25) is 0 Å². The third-order valence-corrected chi connectivity index (χ3v) is 6.82. The van der Waals surface area contributed by atoms with Gasteiger partial charge in [-0.3, -0.25) is 0 Å². The summed E-state index contributed by atoms with van der Waals surface area (Å²) >= 11 is 0. The SMILES string of the molecule is C#COc1ccc2c(c1)CC[C@@H]1[C@@H]2CC[C@]2(C)[C@@H](O)CC[C@@H]12. The molecule has 0 spiro atoms. The van der Waals surface area contributed by atoms with E-state index in [1.807, 2.05) is 6.07 Å². The molecule has 0 radical (unpaired) electrons. The van der Waals surface area contributed by atoms with Crippen LogP contribution in [0.1, 0.15) is 56.1 Å². The molecule has 2 heteroatoms. The van der Waals surface area contributed by atoms with Crippen LogP contribution >= 0.6 is 0 Å². The Balaban J connectivity index is 1.66. The van der Waals surface area contributed by atoms with E-state index < -0.39 is 0 Å². The van der Waals surface area contributed by atoms with E-state index in [2.05, 4.69) is 25.2 Å². The Hall–Kier alpha value is -1.46. The van der Waals surface area contributed by atoms with Gasteiger partial charge in [-0.15, -0.1) is 0 Å². The molecule has 0 aliphatic heterocycles. The van der Waals surface area contributed by atoms with Crippen molar-refractivity contribution in [1.29, 1.82) is 0 Å². The largest absolute Gasteiger partial charge is 0.408 e. The van der Waals surface area contributed by atoms with E-state index in [1.165, 1.54) is 30.4 Å². The number of aliphatic hydroxyl groups is 1. The summed E-state index contributed by atoms with van der Waals surface area (Å²) < 4.78 is 5.20. The van der Waals surface area contributed by atoms with Crippen molar-refractivity contribution in [3.63, 3.8) is 0 Å². The fraction of sp³-hybridized carbons (Fsp3) is 0.600. The van der Waals surface area contributed by atoms with Crippen molar-refractivity contribution in [1.82, 2.24) is 0 Å². The highest BCUT2D eigenvalue weighted by Gasteiger charge is 2.54. The van der Waals surface area contributed by atoms with E-state index in [4.69, 9.17) is 11.2 Å². The maximum absolute atomic E-state index is 10.4. The Labute approximate surface area is 132 Å². The Morgan fingerprint density at radius 1 is 1.27 bits per heavy atom. The van der Waals surface area contributed by atoms with Gasteiger partial charge in [-0.2, -0.15) is 0 Å². The number of aliphatic hydroxyl groups excluding tert-OH is 1. The minimum Gasteiger partial charge on any atom is -0.408 e. The first kappa shape index (κ1) is 14.2. The molecule has 0 aromatic heterocycles. The summed E-state index contributed by atoms with van der Waals surface area (Å²) in [5.74, 6) is 2.88. The zero-order valence-electron chi connectivity index (χ0n) is 13.2. The summed E-state index contributed by atoms with van der Waals surface area (Å²) in [5.41, 5.74) is 3.07. The van der Waals surface area contributed by atoms with Gasteiger partial charge < -0.3 is 9.84 Å². The second-order valence-corrected chi connectivity index (χ2v) is 7.63. The molecule has 4 rings (SSSR count). The number of fused-ring (bicyclic) bond motifs is 5. The van der Waals surface area contributed by atoms with Crippen LogP contribution in [0, 0.1) is 29.8 Å². The lowest BCUT2D eigenvalue weighted by atomic mass is 9.55. The average Bonchev–Trinajstić information content (AvgIpc) is 2.83. The molecular formula is C20H24O2. The van der Waals surface area contributed by atoms with Gasteiger partial charge in [-0.1, -0.05) is 19.4 Å². The van der Waals surface area contributed by atoms with Gasteiger partial charge in [0.2, 0.25) is 0 Å². The lowest BCUT2D eigenvalue weighted by Gasteiger charge is -2.50. The zero-order valence-corrected chi connectivity index (χ0v) is 13.2. The molecule has 1 aromatic rings. The molecule has 2 nitrogen and oxygen atoms in total. The van der Waals surface area contributed by atoms with Crippen molar-refractivity contribution in [3.05, 3.63) is 29.3 Å². The minimum atomic E-state index is -0.0914. The van der Waals surface area contributed by atoms with Gasteiger partial charge in [0.25, 0.3) is 0 Å². The van der Waals surface area contributed by atoms with Crippen LogP contribution in [-0.2, 0) is 6.42 Å². The molecule has 1 N–H and O–H groups in total. The maximum atomic E-state index is 10.4. The molecule has 0 unspecified atom stereocenters.